The first kappa shape index (κ1) is 23.8. The molecule has 2 aliphatic heterocycles. The molecule has 0 bridgehead atoms. The molecule has 0 radical (unpaired) electrons. The van der Waals surface area contributed by atoms with E-state index in [4.69, 9.17) is 4.74 Å². The molecule has 8 nitrogen and oxygen atoms in total. The molecule has 0 aliphatic carbocycles. The van der Waals surface area contributed by atoms with E-state index in [-0.39, 0.29) is 24.1 Å². The van der Waals surface area contributed by atoms with Crippen molar-refractivity contribution in [2.75, 3.05) is 25.5 Å². The van der Waals surface area contributed by atoms with E-state index in [0.717, 1.165) is 42.4 Å². The molecule has 2 heterocycles. The van der Waals surface area contributed by atoms with E-state index in [0.29, 0.717) is 17.8 Å². The number of amidine groups is 1. The lowest BCUT2D eigenvalue weighted by molar-refractivity contribution is -0.121. The SMILES string of the molecule is COc1ccc(CNC(=O)c2ccc(NC(=O)C[C@@H]3SC(N4CCCCC4)=NC3=O)cc2)cc1. The van der Waals surface area contributed by atoms with Crippen molar-refractivity contribution in [1.82, 2.24) is 10.2 Å². The number of anilines is 1. The van der Waals surface area contributed by atoms with Crippen molar-refractivity contribution in [1.29, 1.82) is 0 Å². The molecule has 0 spiro atoms. The van der Waals surface area contributed by atoms with Gasteiger partial charge in [-0.1, -0.05) is 23.9 Å². The van der Waals surface area contributed by atoms with Gasteiger partial charge in [-0.05, 0) is 61.2 Å². The smallest absolute Gasteiger partial charge is 0.262 e. The summed E-state index contributed by atoms with van der Waals surface area (Å²) in [6, 6.07) is 14.2. The fourth-order valence-electron chi connectivity index (χ4n) is 3.84. The van der Waals surface area contributed by atoms with E-state index >= 15 is 0 Å². The standard InChI is InChI=1S/C25H28N4O4S/c1-33-20-11-5-17(6-12-20)16-26-23(31)18-7-9-19(10-8-18)27-22(30)15-21-24(32)28-25(34-21)29-13-3-2-4-14-29/h5-12,21H,2-4,13-16H2,1H3,(H,26,31)(H,27,30)/t21-/m0/s1. The average Bonchev–Trinajstić information content (AvgIpc) is 3.23. The van der Waals surface area contributed by atoms with Crippen LogP contribution in [0.1, 0.15) is 41.6 Å². The topological polar surface area (TPSA) is 100 Å². The molecule has 1 atom stereocenters. The average molecular weight is 481 g/mol. The fraction of sp³-hybridized carbons (Fsp3) is 0.360. The molecule has 1 saturated heterocycles. The van der Waals surface area contributed by atoms with Crippen LogP contribution in [0.2, 0.25) is 0 Å². The molecule has 1 fully saturated rings. The monoisotopic (exact) mass is 480 g/mol. The van der Waals surface area contributed by atoms with E-state index in [1.165, 1.54) is 18.2 Å². The molecule has 9 heteroatoms. The number of nitrogens with zero attached hydrogens (tertiary/aromatic N) is 2. The molecule has 0 aromatic heterocycles. The number of thioether (sulfide) groups is 1. The van der Waals surface area contributed by atoms with Crippen molar-refractivity contribution in [2.45, 2.75) is 37.5 Å². The van der Waals surface area contributed by atoms with Gasteiger partial charge in [-0.15, -0.1) is 0 Å². The number of hydrogen-bond donors (Lipinski definition) is 2. The maximum Gasteiger partial charge on any atom is 0.262 e. The molecule has 0 unspecified atom stereocenters. The number of piperidine rings is 1. The highest BCUT2D eigenvalue weighted by molar-refractivity contribution is 8.15. The molecule has 3 amide bonds. The molecule has 2 N–H and O–H groups in total. The van der Waals surface area contributed by atoms with Gasteiger partial charge < -0.3 is 20.3 Å². The third kappa shape index (κ3) is 6.17. The van der Waals surface area contributed by atoms with Crippen LogP contribution >= 0.6 is 11.8 Å². The second kappa shape index (κ2) is 11.2. The van der Waals surface area contributed by atoms with Gasteiger partial charge in [-0.2, -0.15) is 4.99 Å². The Morgan fingerprint density at radius 1 is 1.06 bits per heavy atom. The summed E-state index contributed by atoms with van der Waals surface area (Å²) in [6.45, 7) is 2.23. The zero-order valence-corrected chi connectivity index (χ0v) is 19.9. The van der Waals surface area contributed by atoms with E-state index in [2.05, 4.69) is 20.5 Å². The normalized spacial score (nSPS) is 17.8. The minimum Gasteiger partial charge on any atom is -0.497 e. The van der Waals surface area contributed by atoms with Gasteiger partial charge in [0.25, 0.3) is 11.8 Å². The number of carbonyl (C=O) groups excluding carboxylic acids is 3. The second-order valence-corrected chi connectivity index (χ2v) is 9.42. The van der Waals surface area contributed by atoms with Crippen LogP contribution in [0.5, 0.6) is 5.75 Å². The molecule has 4 rings (SSSR count). The number of hydrogen-bond acceptors (Lipinski definition) is 6. The van der Waals surface area contributed by atoms with Crippen LogP contribution in [0.3, 0.4) is 0 Å². The van der Waals surface area contributed by atoms with Gasteiger partial charge in [0, 0.05) is 37.3 Å². The van der Waals surface area contributed by atoms with Crippen molar-refractivity contribution in [3.63, 3.8) is 0 Å². The Labute approximate surface area is 203 Å². The van der Waals surface area contributed by atoms with Crippen molar-refractivity contribution in [3.8, 4) is 5.75 Å². The third-order valence-electron chi connectivity index (χ3n) is 5.77. The number of amides is 3. The Kier molecular flexibility index (Phi) is 7.84. The Balaban J connectivity index is 1.24. The fourth-order valence-corrected chi connectivity index (χ4v) is 4.96. The summed E-state index contributed by atoms with van der Waals surface area (Å²) in [5.41, 5.74) is 2.03. The van der Waals surface area contributed by atoms with Crippen molar-refractivity contribution >= 4 is 40.3 Å². The molecule has 0 saturated carbocycles. The Hall–Kier alpha value is -3.33. The molecule has 2 aromatic rings. The van der Waals surface area contributed by atoms with E-state index in [1.54, 1.807) is 31.4 Å². The lowest BCUT2D eigenvalue weighted by Crippen LogP contribution is -2.33. The summed E-state index contributed by atoms with van der Waals surface area (Å²) < 4.78 is 5.13. The van der Waals surface area contributed by atoms with E-state index in [9.17, 15) is 14.4 Å². The maximum absolute atomic E-state index is 12.5. The van der Waals surface area contributed by atoms with Crippen LogP contribution in [-0.2, 0) is 16.1 Å². The largest absolute Gasteiger partial charge is 0.497 e. The molecular weight excluding hydrogens is 452 g/mol. The number of nitrogens with one attached hydrogen (secondary N) is 2. The summed E-state index contributed by atoms with van der Waals surface area (Å²) in [5.74, 6) is 0.0601. The van der Waals surface area contributed by atoms with Crippen LogP contribution < -0.4 is 15.4 Å². The zero-order chi connectivity index (χ0) is 23.9. The van der Waals surface area contributed by atoms with Crippen LogP contribution in [0, 0.1) is 0 Å². The molecular formula is C25H28N4O4S. The molecule has 178 valence electrons. The van der Waals surface area contributed by atoms with Gasteiger partial charge in [0.05, 0.1) is 7.11 Å². The first-order valence-electron chi connectivity index (χ1n) is 11.4. The van der Waals surface area contributed by atoms with Crippen molar-refractivity contribution in [3.05, 3.63) is 59.7 Å². The van der Waals surface area contributed by atoms with Gasteiger partial charge in [-0.3, -0.25) is 14.4 Å². The summed E-state index contributed by atoms with van der Waals surface area (Å²) in [5, 5.41) is 5.94. The van der Waals surface area contributed by atoms with Crippen molar-refractivity contribution in [2.24, 2.45) is 4.99 Å². The number of benzene rings is 2. The van der Waals surface area contributed by atoms with Gasteiger partial charge in [0.15, 0.2) is 5.17 Å². The summed E-state index contributed by atoms with van der Waals surface area (Å²) >= 11 is 1.38. The first-order valence-corrected chi connectivity index (χ1v) is 12.2. The second-order valence-electron chi connectivity index (χ2n) is 8.25. The number of methoxy groups -OCH3 is 1. The minimum absolute atomic E-state index is 0.0639. The highest BCUT2D eigenvalue weighted by Gasteiger charge is 2.33. The predicted molar refractivity (Wildman–Crippen MR) is 133 cm³/mol. The number of likely N-dealkylation sites (tertiary alicyclic amines) is 1. The quantitative estimate of drug-likeness (QED) is 0.630. The first-order chi connectivity index (χ1) is 16.5. The van der Waals surface area contributed by atoms with Gasteiger partial charge in [0.1, 0.15) is 11.0 Å². The molecule has 2 aliphatic rings. The number of rotatable bonds is 7. The highest BCUT2D eigenvalue weighted by atomic mass is 32.2. The summed E-state index contributed by atoms with van der Waals surface area (Å²) in [7, 11) is 1.61. The summed E-state index contributed by atoms with van der Waals surface area (Å²) in [6.07, 6.45) is 3.48. The number of aliphatic imine (C=N–C) groups is 1. The van der Waals surface area contributed by atoms with E-state index in [1.807, 2.05) is 24.3 Å². The van der Waals surface area contributed by atoms with Gasteiger partial charge in [0.2, 0.25) is 5.91 Å². The minimum atomic E-state index is -0.486. The lowest BCUT2D eigenvalue weighted by atomic mass is 10.1. The Bertz CT molecular complexity index is 1060. The van der Waals surface area contributed by atoms with Crippen LogP contribution in [0.15, 0.2) is 53.5 Å². The highest BCUT2D eigenvalue weighted by Crippen LogP contribution is 2.29. The number of carbonyl (C=O) groups is 3. The predicted octanol–water partition coefficient (Wildman–Crippen LogP) is 3.44. The Morgan fingerprint density at radius 2 is 1.76 bits per heavy atom. The van der Waals surface area contributed by atoms with Gasteiger partial charge in [-0.25, -0.2) is 0 Å². The van der Waals surface area contributed by atoms with Gasteiger partial charge >= 0.3 is 0 Å². The summed E-state index contributed by atoms with van der Waals surface area (Å²) in [4.78, 5) is 43.5. The lowest BCUT2D eigenvalue weighted by Gasteiger charge is -2.27. The molecule has 2 aromatic carbocycles. The number of ether oxygens (including phenoxy) is 1. The van der Waals surface area contributed by atoms with Crippen LogP contribution in [0.4, 0.5) is 5.69 Å². The van der Waals surface area contributed by atoms with Crippen molar-refractivity contribution < 1.29 is 19.1 Å². The maximum atomic E-state index is 12.5. The zero-order valence-electron chi connectivity index (χ0n) is 19.1. The van der Waals surface area contributed by atoms with Crippen LogP contribution in [-0.4, -0.2) is 53.2 Å². The Morgan fingerprint density at radius 3 is 2.44 bits per heavy atom. The molecule has 34 heavy (non-hydrogen) atoms. The van der Waals surface area contributed by atoms with Crippen LogP contribution in [0.25, 0.3) is 0 Å². The van der Waals surface area contributed by atoms with E-state index < -0.39 is 5.25 Å². The third-order valence-corrected chi connectivity index (χ3v) is 6.98.